The lowest BCUT2D eigenvalue weighted by molar-refractivity contribution is -0.114. The van der Waals surface area contributed by atoms with E-state index in [1.807, 2.05) is 13.0 Å². The van der Waals surface area contributed by atoms with Gasteiger partial charge in [0.15, 0.2) is 5.78 Å². The summed E-state index contributed by atoms with van der Waals surface area (Å²) in [5, 5.41) is 0. The average Bonchev–Trinajstić information content (AvgIpc) is 2.50. The summed E-state index contributed by atoms with van der Waals surface area (Å²) in [6, 6.07) is 4.88. The molecule has 0 bridgehead atoms. The van der Waals surface area contributed by atoms with Gasteiger partial charge in [0.25, 0.3) is 0 Å². The second-order valence-corrected chi connectivity index (χ2v) is 3.65. The molecule has 14 heavy (non-hydrogen) atoms. The lowest BCUT2D eigenvalue weighted by atomic mass is 10.0. The third-order valence-corrected chi connectivity index (χ3v) is 2.39. The molecule has 0 amide bonds. The maximum absolute atomic E-state index is 13.1. The van der Waals surface area contributed by atoms with Crippen molar-refractivity contribution < 1.29 is 9.18 Å². The molecule has 0 aromatic heterocycles. The number of benzene rings is 1. The quantitative estimate of drug-likeness (QED) is 0.665. The van der Waals surface area contributed by atoms with Crippen LogP contribution in [0.5, 0.6) is 0 Å². The fourth-order valence-corrected chi connectivity index (χ4v) is 1.75. The molecule has 0 saturated heterocycles. The van der Waals surface area contributed by atoms with Gasteiger partial charge in [-0.15, -0.1) is 0 Å². The molecule has 1 aromatic rings. The lowest BCUT2D eigenvalue weighted by Gasteiger charge is -2.03. The van der Waals surface area contributed by atoms with E-state index in [2.05, 4.69) is 0 Å². The Bertz CT molecular complexity index is 398. The third kappa shape index (κ3) is 1.74. The van der Waals surface area contributed by atoms with Crippen LogP contribution in [-0.4, -0.2) is 5.78 Å². The predicted molar refractivity (Wildman–Crippen MR) is 53.4 cm³/mol. The first-order chi connectivity index (χ1) is 6.65. The van der Waals surface area contributed by atoms with Crippen LogP contribution in [0.1, 0.15) is 24.0 Å². The zero-order valence-corrected chi connectivity index (χ0v) is 8.01. The van der Waals surface area contributed by atoms with Crippen LogP contribution in [0.3, 0.4) is 0 Å². The zero-order chi connectivity index (χ0) is 10.1. The molecular formula is C12H11FO. The first kappa shape index (κ1) is 9.13. The van der Waals surface area contributed by atoms with E-state index in [9.17, 15) is 9.18 Å². The molecule has 0 saturated carbocycles. The van der Waals surface area contributed by atoms with Crippen LogP contribution in [0.25, 0.3) is 5.57 Å². The molecular weight excluding hydrogens is 179 g/mol. The molecule has 0 unspecified atom stereocenters. The van der Waals surface area contributed by atoms with E-state index >= 15 is 0 Å². The molecule has 72 valence electrons. The third-order valence-electron chi connectivity index (χ3n) is 2.39. The Labute approximate surface area is 82.3 Å². The molecule has 0 atom stereocenters. The molecule has 1 aliphatic carbocycles. The predicted octanol–water partition coefficient (Wildman–Crippen LogP) is 2.88. The van der Waals surface area contributed by atoms with Crippen LogP contribution in [0, 0.1) is 12.7 Å². The Balaban J connectivity index is 2.42. The van der Waals surface area contributed by atoms with Gasteiger partial charge in [-0.1, -0.05) is 6.07 Å². The monoisotopic (exact) mass is 190 g/mol. The van der Waals surface area contributed by atoms with Crippen molar-refractivity contribution >= 4 is 11.4 Å². The van der Waals surface area contributed by atoms with E-state index in [4.69, 9.17) is 0 Å². The Hall–Kier alpha value is -1.44. The number of ketones is 1. The summed E-state index contributed by atoms with van der Waals surface area (Å²) in [7, 11) is 0. The van der Waals surface area contributed by atoms with Crippen molar-refractivity contribution in [1.29, 1.82) is 0 Å². The van der Waals surface area contributed by atoms with E-state index in [0.717, 1.165) is 23.1 Å². The van der Waals surface area contributed by atoms with Gasteiger partial charge in [0.2, 0.25) is 0 Å². The molecule has 0 heterocycles. The highest BCUT2D eigenvalue weighted by Gasteiger charge is 2.14. The van der Waals surface area contributed by atoms with Gasteiger partial charge in [-0.05, 0) is 48.3 Å². The van der Waals surface area contributed by atoms with Crippen molar-refractivity contribution in [3.8, 4) is 0 Å². The van der Waals surface area contributed by atoms with Gasteiger partial charge in [0.1, 0.15) is 5.82 Å². The molecule has 1 nitrogen and oxygen atoms in total. The van der Waals surface area contributed by atoms with E-state index in [0.29, 0.717) is 6.42 Å². The fraction of sp³-hybridized carbons (Fsp3) is 0.250. The van der Waals surface area contributed by atoms with Gasteiger partial charge >= 0.3 is 0 Å². The first-order valence-corrected chi connectivity index (χ1v) is 4.66. The van der Waals surface area contributed by atoms with Crippen LogP contribution in [-0.2, 0) is 4.79 Å². The van der Waals surface area contributed by atoms with Crippen molar-refractivity contribution in [2.24, 2.45) is 0 Å². The van der Waals surface area contributed by atoms with Crippen molar-refractivity contribution in [1.82, 2.24) is 0 Å². The van der Waals surface area contributed by atoms with Crippen molar-refractivity contribution in [2.45, 2.75) is 19.8 Å². The van der Waals surface area contributed by atoms with Gasteiger partial charge in [-0.3, -0.25) is 4.79 Å². The van der Waals surface area contributed by atoms with Crippen LogP contribution in [0.2, 0.25) is 0 Å². The number of hydrogen-bond donors (Lipinski definition) is 0. The molecule has 1 aromatic carbocycles. The highest BCUT2D eigenvalue weighted by atomic mass is 19.1. The second-order valence-electron chi connectivity index (χ2n) is 3.65. The van der Waals surface area contributed by atoms with Crippen LogP contribution in [0.4, 0.5) is 4.39 Å². The van der Waals surface area contributed by atoms with Crippen molar-refractivity contribution in [3.63, 3.8) is 0 Å². The van der Waals surface area contributed by atoms with E-state index in [1.165, 1.54) is 12.1 Å². The minimum atomic E-state index is -0.236. The molecule has 0 fully saturated rings. The number of carbonyl (C=O) groups is 1. The Morgan fingerprint density at radius 3 is 2.57 bits per heavy atom. The number of halogens is 1. The SMILES string of the molecule is Cc1cc(F)cc(C2=CC(=O)CC2)c1. The smallest absolute Gasteiger partial charge is 0.156 e. The number of hydrogen-bond acceptors (Lipinski definition) is 1. The Kier molecular flexibility index (Phi) is 2.20. The van der Waals surface area contributed by atoms with E-state index in [-0.39, 0.29) is 11.6 Å². The van der Waals surface area contributed by atoms with Crippen molar-refractivity contribution in [2.75, 3.05) is 0 Å². The topological polar surface area (TPSA) is 17.1 Å². The zero-order valence-electron chi connectivity index (χ0n) is 8.01. The van der Waals surface area contributed by atoms with E-state index < -0.39 is 0 Å². The van der Waals surface area contributed by atoms with Gasteiger partial charge in [-0.25, -0.2) is 4.39 Å². The Morgan fingerprint density at radius 1 is 1.21 bits per heavy atom. The molecule has 0 radical (unpaired) electrons. The molecule has 0 N–H and O–H groups in total. The average molecular weight is 190 g/mol. The number of rotatable bonds is 1. The summed E-state index contributed by atoms with van der Waals surface area (Å²) < 4.78 is 13.1. The maximum Gasteiger partial charge on any atom is 0.156 e. The lowest BCUT2D eigenvalue weighted by Crippen LogP contribution is -1.85. The maximum atomic E-state index is 13.1. The summed E-state index contributed by atoms with van der Waals surface area (Å²) in [5.41, 5.74) is 2.69. The molecule has 1 aliphatic rings. The highest BCUT2D eigenvalue weighted by Crippen LogP contribution is 2.26. The Morgan fingerprint density at radius 2 is 2.00 bits per heavy atom. The highest BCUT2D eigenvalue weighted by molar-refractivity contribution is 6.01. The largest absolute Gasteiger partial charge is 0.295 e. The molecule has 0 spiro atoms. The van der Waals surface area contributed by atoms with Crippen LogP contribution < -0.4 is 0 Å². The van der Waals surface area contributed by atoms with Gasteiger partial charge in [0.05, 0.1) is 0 Å². The van der Waals surface area contributed by atoms with E-state index in [1.54, 1.807) is 6.08 Å². The van der Waals surface area contributed by atoms with Gasteiger partial charge < -0.3 is 0 Å². The number of aryl methyl sites for hydroxylation is 1. The summed E-state index contributed by atoms with van der Waals surface area (Å²) in [5.74, 6) is -0.0952. The molecule has 2 heteroatoms. The summed E-state index contributed by atoms with van der Waals surface area (Å²) in [6.45, 7) is 1.85. The van der Waals surface area contributed by atoms with Crippen molar-refractivity contribution in [3.05, 3.63) is 41.2 Å². The van der Waals surface area contributed by atoms with Crippen LogP contribution >= 0.6 is 0 Å². The summed E-state index contributed by atoms with van der Waals surface area (Å²) in [4.78, 5) is 11.0. The number of carbonyl (C=O) groups excluding carboxylic acids is 1. The van der Waals surface area contributed by atoms with Crippen LogP contribution in [0.15, 0.2) is 24.3 Å². The minimum Gasteiger partial charge on any atom is -0.295 e. The van der Waals surface area contributed by atoms with Gasteiger partial charge in [0, 0.05) is 6.42 Å². The van der Waals surface area contributed by atoms with Gasteiger partial charge in [-0.2, -0.15) is 0 Å². The molecule has 0 aliphatic heterocycles. The second kappa shape index (κ2) is 3.37. The normalized spacial score (nSPS) is 15.9. The summed E-state index contributed by atoms with van der Waals surface area (Å²) in [6.07, 6.45) is 2.92. The fourth-order valence-electron chi connectivity index (χ4n) is 1.75. The molecule has 2 rings (SSSR count). The standard InChI is InChI=1S/C12H11FO/c1-8-4-10(6-11(13)5-8)9-2-3-12(14)7-9/h4-7H,2-3H2,1H3. The number of allylic oxidation sites excluding steroid dienone is 2. The summed E-state index contributed by atoms with van der Waals surface area (Å²) >= 11 is 0. The minimum absolute atomic E-state index is 0.141. The first-order valence-electron chi connectivity index (χ1n) is 4.66.